The maximum atomic E-state index is 13.3. The monoisotopic (exact) mass is 740 g/mol. The van der Waals surface area contributed by atoms with E-state index in [1.54, 1.807) is 24.3 Å². The Kier molecular flexibility index (Phi) is 12.2. The van der Waals surface area contributed by atoms with Gasteiger partial charge in [0.15, 0.2) is 5.82 Å². The van der Waals surface area contributed by atoms with Gasteiger partial charge in [-0.1, -0.05) is 0 Å². The van der Waals surface area contributed by atoms with E-state index in [2.05, 4.69) is 30.7 Å². The van der Waals surface area contributed by atoms with Gasteiger partial charge in [0.1, 0.15) is 0 Å². The lowest BCUT2D eigenvalue weighted by Crippen LogP contribution is -2.50. The molecule has 0 aliphatic carbocycles. The molecule has 0 unspecified atom stereocenters. The molecule has 0 spiro atoms. The average molecular weight is 741 g/mol. The lowest BCUT2D eigenvalue weighted by Gasteiger charge is -2.41. The molecule has 4 amide bonds. The zero-order chi connectivity index (χ0) is 37.4. The van der Waals surface area contributed by atoms with Crippen molar-refractivity contribution in [2.45, 2.75) is 51.6 Å². The number of carbonyl (C=O) groups excluding carboxylic acids is 3. The van der Waals surface area contributed by atoms with Gasteiger partial charge in [-0.05, 0) is 101 Å². The van der Waals surface area contributed by atoms with Crippen LogP contribution in [0.1, 0.15) is 49.9 Å². The first-order chi connectivity index (χ1) is 26.3. The fraction of sp³-hybridized carbons (Fsp3) is 0.538. The molecule has 5 heterocycles. The van der Waals surface area contributed by atoms with Crippen LogP contribution in [0.4, 0.5) is 28.1 Å². The molecule has 0 radical (unpaired) electrons. The van der Waals surface area contributed by atoms with Crippen LogP contribution in [0.15, 0.2) is 48.5 Å². The molecule has 1 aromatic heterocycles. The quantitative estimate of drug-likeness (QED) is 0.294. The van der Waals surface area contributed by atoms with Crippen molar-refractivity contribution in [2.24, 2.45) is 5.92 Å². The van der Waals surface area contributed by atoms with E-state index in [-0.39, 0.29) is 23.8 Å². The zero-order valence-corrected chi connectivity index (χ0v) is 31.3. The fourth-order valence-electron chi connectivity index (χ4n) is 7.53. The number of hydrogen-bond donors (Lipinski definition) is 3. The SMILES string of the molecule is CC(C)NC(=O)C1CCN(C2CCN(C(=O)c3ccc(NC(=O)Nc4ccc(-c5nc(N6CCOCC6)nc(N6CCOCC6)n5)cc4)cc3)CC2)CC1. The van der Waals surface area contributed by atoms with Crippen LogP contribution >= 0.6 is 0 Å². The van der Waals surface area contributed by atoms with Gasteiger partial charge < -0.3 is 45.0 Å². The van der Waals surface area contributed by atoms with E-state index in [9.17, 15) is 14.4 Å². The summed E-state index contributed by atoms with van der Waals surface area (Å²) >= 11 is 0. The van der Waals surface area contributed by atoms with E-state index in [0.29, 0.717) is 106 Å². The number of ether oxygens (including phenoxy) is 2. The number of carbonyl (C=O) groups is 3. The van der Waals surface area contributed by atoms with Crippen LogP contribution in [-0.2, 0) is 14.3 Å². The van der Waals surface area contributed by atoms with Crippen molar-refractivity contribution in [3.8, 4) is 11.4 Å². The minimum absolute atomic E-state index is 0.000847. The highest BCUT2D eigenvalue weighted by Gasteiger charge is 2.32. The van der Waals surface area contributed by atoms with Crippen LogP contribution in [-0.4, -0.2) is 133 Å². The highest BCUT2D eigenvalue weighted by molar-refractivity contribution is 6.00. The van der Waals surface area contributed by atoms with Gasteiger partial charge >= 0.3 is 6.03 Å². The molecule has 0 atom stereocenters. The van der Waals surface area contributed by atoms with E-state index in [0.717, 1.165) is 44.3 Å². The molecule has 0 bridgehead atoms. The van der Waals surface area contributed by atoms with Gasteiger partial charge in [0, 0.05) is 79.8 Å². The smallest absolute Gasteiger partial charge is 0.323 e. The Balaban J connectivity index is 0.893. The molecule has 4 fully saturated rings. The predicted octanol–water partition coefficient (Wildman–Crippen LogP) is 3.70. The molecule has 4 saturated heterocycles. The third kappa shape index (κ3) is 9.43. The fourth-order valence-corrected chi connectivity index (χ4v) is 7.53. The van der Waals surface area contributed by atoms with Crippen molar-refractivity contribution in [2.75, 3.05) is 99.2 Å². The van der Waals surface area contributed by atoms with Crippen LogP contribution < -0.4 is 25.8 Å². The van der Waals surface area contributed by atoms with Crippen LogP contribution in [0.5, 0.6) is 0 Å². The number of likely N-dealkylation sites (tertiary alicyclic amines) is 2. The van der Waals surface area contributed by atoms with E-state index < -0.39 is 6.03 Å². The molecule has 0 saturated carbocycles. The molecular weight excluding hydrogens is 688 g/mol. The Morgan fingerprint density at radius 1 is 0.667 bits per heavy atom. The van der Waals surface area contributed by atoms with Gasteiger partial charge in [-0.3, -0.25) is 9.59 Å². The summed E-state index contributed by atoms with van der Waals surface area (Å²) < 4.78 is 11.1. The maximum absolute atomic E-state index is 13.3. The number of benzene rings is 2. The van der Waals surface area contributed by atoms with Crippen molar-refractivity contribution in [3.63, 3.8) is 0 Å². The minimum atomic E-state index is -0.391. The van der Waals surface area contributed by atoms with Crippen molar-refractivity contribution in [1.29, 1.82) is 0 Å². The molecule has 4 aliphatic heterocycles. The summed E-state index contributed by atoms with van der Waals surface area (Å²) in [7, 11) is 0. The van der Waals surface area contributed by atoms with Gasteiger partial charge in [0.2, 0.25) is 17.8 Å². The molecule has 2 aromatic carbocycles. The number of rotatable bonds is 9. The third-order valence-electron chi connectivity index (χ3n) is 10.6. The van der Waals surface area contributed by atoms with Crippen molar-refractivity contribution < 1.29 is 23.9 Å². The van der Waals surface area contributed by atoms with Gasteiger partial charge in [-0.2, -0.15) is 15.0 Å². The largest absolute Gasteiger partial charge is 0.378 e. The minimum Gasteiger partial charge on any atom is -0.378 e. The number of hydrogen-bond acceptors (Lipinski definition) is 11. The molecular formula is C39H52N10O5. The number of amides is 4. The van der Waals surface area contributed by atoms with Crippen molar-refractivity contribution >= 4 is 41.1 Å². The van der Waals surface area contributed by atoms with E-state index in [1.165, 1.54) is 0 Å². The first-order valence-electron chi connectivity index (χ1n) is 19.3. The standard InChI is InChI=1S/C39H52N10O5/c1-27(2)40-35(50)29-11-15-46(16-12-29)33-13-17-47(18-14-33)36(51)30-5-9-32(10-6-30)42-39(52)41-31-7-3-28(4-8-31)34-43-37(48-19-23-53-24-20-48)45-38(44-34)49-21-25-54-26-22-49/h3-10,27,29,33H,11-26H2,1-2H3,(H,40,50)(H2,41,42,52). The van der Waals surface area contributed by atoms with E-state index in [4.69, 9.17) is 24.4 Å². The van der Waals surface area contributed by atoms with Gasteiger partial charge in [-0.15, -0.1) is 0 Å². The molecule has 54 heavy (non-hydrogen) atoms. The summed E-state index contributed by atoms with van der Waals surface area (Å²) in [4.78, 5) is 61.7. The van der Waals surface area contributed by atoms with Crippen molar-refractivity contribution in [1.82, 2.24) is 30.1 Å². The summed E-state index contributed by atoms with van der Waals surface area (Å²) in [6.45, 7) is 12.6. The number of aromatic nitrogens is 3. The van der Waals surface area contributed by atoms with Gasteiger partial charge in [0.05, 0.1) is 26.4 Å². The number of piperidine rings is 2. The summed E-state index contributed by atoms with van der Waals surface area (Å²) in [6.07, 6.45) is 3.63. The Morgan fingerprint density at radius 2 is 1.19 bits per heavy atom. The van der Waals surface area contributed by atoms with Gasteiger partial charge in [-0.25, -0.2) is 4.79 Å². The second-order valence-corrected chi connectivity index (χ2v) is 14.7. The van der Waals surface area contributed by atoms with E-state index in [1.807, 2.05) is 43.0 Å². The summed E-state index contributed by atoms with van der Waals surface area (Å²) in [5, 5.41) is 8.80. The normalized spacial score (nSPS) is 19.1. The molecule has 288 valence electrons. The van der Waals surface area contributed by atoms with Crippen LogP contribution in [0, 0.1) is 5.92 Å². The highest BCUT2D eigenvalue weighted by Crippen LogP contribution is 2.27. The summed E-state index contributed by atoms with van der Waals surface area (Å²) in [6, 6.07) is 14.7. The Bertz CT molecular complexity index is 1690. The number of anilines is 4. The lowest BCUT2D eigenvalue weighted by molar-refractivity contribution is -0.127. The van der Waals surface area contributed by atoms with Gasteiger partial charge in [0.25, 0.3) is 5.91 Å². The molecule has 3 N–H and O–H groups in total. The lowest BCUT2D eigenvalue weighted by atomic mass is 9.92. The maximum Gasteiger partial charge on any atom is 0.323 e. The Labute approximate surface area is 316 Å². The Morgan fingerprint density at radius 3 is 1.70 bits per heavy atom. The second kappa shape index (κ2) is 17.5. The van der Waals surface area contributed by atoms with E-state index >= 15 is 0 Å². The number of urea groups is 1. The molecule has 4 aliphatic rings. The van der Waals surface area contributed by atoms with Crippen LogP contribution in [0.3, 0.4) is 0 Å². The van der Waals surface area contributed by atoms with Crippen LogP contribution in [0.2, 0.25) is 0 Å². The number of nitrogens with one attached hydrogen (secondary N) is 3. The summed E-state index contributed by atoms with van der Waals surface area (Å²) in [5.74, 6) is 2.08. The van der Waals surface area contributed by atoms with Crippen molar-refractivity contribution in [3.05, 3.63) is 54.1 Å². The summed E-state index contributed by atoms with van der Waals surface area (Å²) in [5.41, 5.74) is 2.60. The first kappa shape index (κ1) is 37.5. The molecule has 7 rings (SSSR count). The number of morpholine rings is 2. The Hall–Kier alpha value is -4.86. The third-order valence-corrected chi connectivity index (χ3v) is 10.6. The topological polar surface area (TPSA) is 157 Å². The molecule has 3 aromatic rings. The predicted molar refractivity (Wildman–Crippen MR) is 207 cm³/mol. The zero-order valence-electron chi connectivity index (χ0n) is 31.3. The van der Waals surface area contributed by atoms with Crippen LogP contribution in [0.25, 0.3) is 11.4 Å². The first-order valence-corrected chi connectivity index (χ1v) is 19.3. The average Bonchev–Trinajstić information content (AvgIpc) is 3.21. The highest BCUT2D eigenvalue weighted by atomic mass is 16.5. The second-order valence-electron chi connectivity index (χ2n) is 14.7. The molecule has 15 heteroatoms. The number of nitrogens with zero attached hydrogens (tertiary/aromatic N) is 7. The molecule has 15 nitrogen and oxygen atoms in total.